The van der Waals surface area contributed by atoms with E-state index < -0.39 is 10.0 Å². The lowest BCUT2D eigenvalue weighted by Crippen LogP contribution is -2.11. The fourth-order valence-electron chi connectivity index (χ4n) is 1.35. The Hall–Kier alpha value is -0.570. The van der Waals surface area contributed by atoms with Crippen molar-refractivity contribution in [2.75, 3.05) is 4.72 Å². The molecule has 19 heavy (non-hydrogen) atoms. The highest BCUT2D eigenvalue weighted by molar-refractivity contribution is 9.11. The molecule has 0 saturated heterocycles. The van der Waals surface area contributed by atoms with Crippen molar-refractivity contribution >= 4 is 58.9 Å². The minimum absolute atomic E-state index is 0.126. The Balaban J connectivity index is 2.39. The predicted octanol–water partition coefficient (Wildman–Crippen LogP) is 4.09. The molecule has 0 radical (unpaired) electrons. The zero-order chi connectivity index (χ0) is 14.2. The lowest BCUT2D eigenvalue weighted by molar-refractivity contribution is 0.477. The molecule has 0 aliphatic carbocycles. The summed E-state index contributed by atoms with van der Waals surface area (Å²) in [6.07, 6.45) is 0. The molecule has 0 saturated carbocycles. The number of benzene rings is 1. The number of nitrogens with one attached hydrogen (secondary N) is 1. The van der Waals surface area contributed by atoms with Crippen molar-refractivity contribution in [3.63, 3.8) is 0 Å². The number of phenols is 1. The van der Waals surface area contributed by atoms with E-state index in [1.807, 2.05) is 6.92 Å². The second-order valence-corrected chi connectivity index (χ2v) is 8.98. The highest BCUT2D eigenvalue weighted by Gasteiger charge is 2.19. The number of hydrogen-bond acceptors (Lipinski definition) is 4. The average Bonchev–Trinajstić information content (AvgIpc) is 2.65. The summed E-state index contributed by atoms with van der Waals surface area (Å²) >= 11 is 7.64. The summed E-state index contributed by atoms with van der Waals surface area (Å²) in [6.45, 7) is 1.82. The van der Waals surface area contributed by atoms with Crippen LogP contribution in [0.4, 0.5) is 5.69 Å². The molecular formula is C11H9Br2NO3S2. The van der Waals surface area contributed by atoms with E-state index in [2.05, 4.69) is 36.6 Å². The number of hydrogen-bond donors (Lipinski definition) is 2. The van der Waals surface area contributed by atoms with Gasteiger partial charge in [0.15, 0.2) is 0 Å². The maximum atomic E-state index is 12.2. The van der Waals surface area contributed by atoms with Crippen LogP contribution in [0, 0.1) is 6.92 Å². The molecule has 2 aromatic rings. The molecule has 0 atom stereocenters. The van der Waals surface area contributed by atoms with Crippen LogP contribution in [0.3, 0.4) is 0 Å². The zero-order valence-electron chi connectivity index (χ0n) is 9.65. The van der Waals surface area contributed by atoms with Gasteiger partial charge in [-0.2, -0.15) is 0 Å². The minimum Gasteiger partial charge on any atom is -0.506 e. The van der Waals surface area contributed by atoms with Gasteiger partial charge in [0.1, 0.15) is 9.96 Å². The van der Waals surface area contributed by atoms with E-state index >= 15 is 0 Å². The Morgan fingerprint density at radius 3 is 2.53 bits per heavy atom. The van der Waals surface area contributed by atoms with E-state index in [0.717, 1.165) is 20.7 Å². The predicted molar refractivity (Wildman–Crippen MR) is 83.4 cm³/mol. The molecule has 1 aromatic heterocycles. The van der Waals surface area contributed by atoms with Crippen LogP contribution in [0.5, 0.6) is 5.75 Å². The van der Waals surface area contributed by atoms with Crippen LogP contribution in [-0.2, 0) is 10.0 Å². The van der Waals surface area contributed by atoms with Gasteiger partial charge in [-0.15, -0.1) is 11.3 Å². The normalized spacial score (nSPS) is 11.5. The molecule has 0 fully saturated rings. The first kappa shape index (κ1) is 14.8. The van der Waals surface area contributed by atoms with Gasteiger partial charge in [-0.25, -0.2) is 8.42 Å². The smallest absolute Gasteiger partial charge is 0.271 e. The molecule has 1 heterocycles. The number of aromatic hydroxyl groups is 1. The fourth-order valence-corrected chi connectivity index (χ4v) is 5.00. The Morgan fingerprint density at radius 1 is 1.26 bits per heavy atom. The standard InChI is InChI=1S/C11H9Br2NO3S2/c1-6-4-10(18-11(6)13)19(16,17)14-8-5-7(12)2-3-9(8)15/h2-5,14-15H,1H3. The molecule has 2 rings (SSSR count). The van der Waals surface area contributed by atoms with Crippen molar-refractivity contribution < 1.29 is 13.5 Å². The Labute approximate surface area is 131 Å². The monoisotopic (exact) mass is 425 g/mol. The van der Waals surface area contributed by atoms with Crippen LogP contribution in [0.25, 0.3) is 0 Å². The van der Waals surface area contributed by atoms with Crippen LogP contribution in [-0.4, -0.2) is 13.5 Å². The average molecular weight is 427 g/mol. The summed E-state index contributed by atoms with van der Waals surface area (Å²) in [4.78, 5) is 0. The fraction of sp³-hybridized carbons (Fsp3) is 0.0909. The largest absolute Gasteiger partial charge is 0.506 e. The molecule has 102 valence electrons. The van der Waals surface area contributed by atoms with Crippen LogP contribution in [0.15, 0.2) is 36.7 Å². The van der Waals surface area contributed by atoms with E-state index in [4.69, 9.17) is 0 Å². The number of anilines is 1. The van der Waals surface area contributed by atoms with Crippen molar-refractivity contribution in [1.82, 2.24) is 0 Å². The summed E-state index contributed by atoms with van der Waals surface area (Å²) in [5.74, 6) is -0.126. The quantitative estimate of drug-likeness (QED) is 0.726. The van der Waals surface area contributed by atoms with Crippen LogP contribution in [0.2, 0.25) is 0 Å². The van der Waals surface area contributed by atoms with Crippen LogP contribution >= 0.6 is 43.2 Å². The summed E-state index contributed by atoms with van der Waals surface area (Å²) in [5, 5.41) is 9.65. The number of rotatable bonds is 3. The summed E-state index contributed by atoms with van der Waals surface area (Å²) in [7, 11) is -3.70. The molecule has 0 spiro atoms. The highest BCUT2D eigenvalue weighted by atomic mass is 79.9. The molecule has 0 bridgehead atoms. The van der Waals surface area contributed by atoms with Crippen LogP contribution in [0.1, 0.15) is 5.56 Å². The summed E-state index contributed by atoms with van der Waals surface area (Å²) < 4.78 is 28.4. The topological polar surface area (TPSA) is 66.4 Å². The second-order valence-electron chi connectivity index (χ2n) is 3.79. The van der Waals surface area contributed by atoms with E-state index in [1.54, 1.807) is 12.1 Å². The van der Waals surface area contributed by atoms with Crippen molar-refractivity contribution in [1.29, 1.82) is 0 Å². The lowest BCUT2D eigenvalue weighted by atomic mass is 10.3. The van der Waals surface area contributed by atoms with Gasteiger partial charge >= 0.3 is 0 Å². The van der Waals surface area contributed by atoms with Gasteiger partial charge in [0.2, 0.25) is 0 Å². The van der Waals surface area contributed by atoms with Gasteiger partial charge in [-0.05, 0) is 52.7 Å². The summed E-state index contributed by atoms with van der Waals surface area (Å²) in [5.41, 5.74) is 0.986. The SMILES string of the molecule is Cc1cc(S(=O)(=O)Nc2cc(Br)ccc2O)sc1Br. The van der Waals surface area contributed by atoms with E-state index in [-0.39, 0.29) is 15.6 Å². The van der Waals surface area contributed by atoms with Gasteiger partial charge in [0.25, 0.3) is 10.0 Å². The zero-order valence-corrected chi connectivity index (χ0v) is 14.5. The number of phenolic OH excluding ortho intramolecular Hbond substituents is 1. The van der Waals surface area contributed by atoms with Gasteiger partial charge in [0.05, 0.1) is 9.47 Å². The number of aryl methyl sites for hydroxylation is 1. The first-order chi connectivity index (χ1) is 8.79. The lowest BCUT2D eigenvalue weighted by Gasteiger charge is -2.08. The minimum atomic E-state index is -3.70. The Bertz CT molecular complexity index is 706. The third kappa shape index (κ3) is 3.31. The number of thiophene rings is 1. The van der Waals surface area contributed by atoms with Gasteiger partial charge in [-0.3, -0.25) is 4.72 Å². The van der Waals surface area contributed by atoms with Gasteiger partial charge in [0, 0.05) is 4.47 Å². The molecule has 8 heteroatoms. The van der Waals surface area contributed by atoms with E-state index in [1.165, 1.54) is 12.1 Å². The van der Waals surface area contributed by atoms with Crippen LogP contribution < -0.4 is 4.72 Å². The first-order valence-corrected chi connectivity index (χ1v) is 8.95. The first-order valence-electron chi connectivity index (χ1n) is 5.07. The summed E-state index contributed by atoms with van der Waals surface area (Å²) in [6, 6.07) is 6.12. The maximum Gasteiger partial charge on any atom is 0.271 e. The van der Waals surface area contributed by atoms with Crippen molar-refractivity contribution in [3.05, 3.63) is 38.1 Å². The number of sulfonamides is 1. The second kappa shape index (κ2) is 5.43. The van der Waals surface area contributed by atoms with Crippen molar-refractivity contribution in [3.8, 4) is 5.75 Å². The molecule has 0 aliphatic rings. The van der Waals surface area contributed by atoms with Crippen molar-refractivity contribution in [2.24, 2.45) is 0 Å². The highest BCUT2D eigenvalue weighted by Crippen LogP contribution is 2.33. The van der Waals surface area contributed by atoms with E-state index in [9.17, 15) is 13.5 Å². The molecule has 0 unspecified atom stereocenters. The third-order valence-electron chi connectivity index (χ3n) is 2.30. The van der Waals surface area contributed by atoms with Gasteiger partial charge in [-0.1, -0.05) is 15.9 Å². The third-order valence-corrected chi connectivity index (χ3v) is 6.77. The Morgan fingerprint density at radius 2 is 1.95 bits per heavy atom. The van der Waals surface area contributed by atoms with E-state index in [0.29, 0.717) is 4.47 Å². The molecule has 0 amide bonds. The molecule has 4 nitrogen and oxygen atoms in total. The maximum absolute atomic E-state index is 12.2. The molecular weight excluding hydrogens is 418 g/mol. The molecule has 1 aromatic carbocycles. The Kier molecular flexibility index (Phi) is 4.24. The number of halogens is 2. The molecule has 0 aliphatic heterocycles. The van der Waals surface area contributed by atoms with Gasteiger partial charge < -0.3 is 5.11 Å². The van der Waals surface area contributed by atoms with Crippen molar-refractivity contribution in [2.45, 2.75) is 11.1 Å². The molecule has 2 N–H and O–H groups in total.